The maximum atomic E-state index is 12.3. The number of hydrogen-bond acceptors (Lipinski definition) is 5. The van der Waals surface area contributed by atoms with Crippen LogP contribution in [0.4, 0.5) is 24.5 Å². The summed E-state index contributed by atoms with van der Waals surface area (Å²) in [4.78, 5) is 23.2. The number of nitrogens with zero attached hydrogens (tertiary/aromatic N) is 3. The number of carboxylic acid groups (broad SMARTS) is 1. The van der Waals surface area contributed by atoms with Gasteiger partial charge in [0.15, 0.2) is 0 Å². The Morgan fingerprint density at radius 1 is 1.05 bits per heavy atom. The number of nitrogens with one attached hydrogen (secondary N) is 2. The SMILES string of the molecule is CN(C)CCNC(=O)c1ccc(-n2ncc3cc(Nc4ccccc4Cl)ccc32)cc1.O=C(O)C(F)(F)F. The van der Waals surface area contributed by atoms with Gasteiger partial charge in [-0.05, 0) is 68.7 Å². The summed E-state index contributed by atoms with van der Waals surface area (Å²) in [5.74, 6) is -2.83. The van der Waals surface area contributed by atoms with Crippen molar-refractivity contribution >= 4 is 45.8 Å². The largest absolute Gasteiger partial charge is 0.490 e. The van der Waals surface area contributed by atoms with Gasteiger partial charge >= 0.3 is 12.1 Å². The van der Waals surface area contributed by atoms with Crippen LogP contribution in [0.5, 0.6) is 0 Å². The van der Waals surface area contributed by atoms with E-state index in [1.54, 1.807) is 0 Å². The summed E-state index contributed by atoms with van der Waals surface area (Å²) in [7, 11) is 3.95. The lowest BCUT2D eigenvalue weighted by Crippen LogP contribution is -2.31. The fourth-order valence-corrected chi connectivity index (χ4v) is 3.47. The van der Waals surface area contributed by atoms with Gasteiger partial charge in [0.1, 0.15) is 0 Å². The third-order valence-corrected chi connectivity index (χ3v) is 5.51. The average molecular weight is 548 g/mol. The monoisotopic (exact) mass is 547 g/mol. The molecule has 12 heteroatoms. The van der Waals surface area contributed by atoms with Crippen LogP contribution in [0.25, 0.3) is 16.6 Å². The second kappa shape index (κ2) is 12.4. The van der Waals surface area contributed by atoms with Crippen LogP contribution in [0, 0.1) is 0 Å². The summed E-state index contributed by atoms with van der Waals surface area (Å²) in [6.07, 6.45) is -3.25. The van der Waals surface area contributed by atoms with Crippen molar-refractivity contribution in [3.8, 4) is 5.69 Å². The Labute approximate surface area is 221 Å². The highest BCUT2D eigenvalue weighted by Gasteiger charge is 2.38. The summed E-state index contributed by atoms with van der Waals surface area (Å²) in [5.41, 5.74) is 4.30. The molecule has 0 saturated heterocycles. The van der Waals surface area contributed by atoms with E-state index in [4.69, 9.17) is 21.5 Å². The fraction of sp³-hybridized carbons (Fsp3) is 0.192. The number of alkyl halides is 3. The van der Waals surface area contributed by atoms with Crippen molar-refractivity contribution in [2.24, 2.45) is 0 Å². The molecule has 3 aromatic carbocycles. The molecule has 0 radical (unpaired) electrons. The molecule has 0 atom stereocenters. The van der Waals surface area contributed by atoms with Crippen LogP contribution in [0.15, 0.2) is 72.9 Å². The van der Waals surface area contributed by atoms with Crippen molar-refractivity contribution < 1.29 is 27.9 Å². The second-order valence-corrected chi connectivity index (χ2v) is 8.75. The Hall–Kier alpha value is -4.09. The van der Waals surface area contributed by atoms with Crippen LogP contribution in [-0.2, 0) is 4.79 Å². The molecule has 38 heavy (non-hydrogen) atoms. The number of benzene rings is 3. The zero-order valence-corrected chi connectivity index (χ0v) is 21.2. The van der Waals surface area contributed by atoms with E-state index >= 15 is 0 Å². The number of carboxylic acids is 1. The molecule has 3 N–H and O–H groups in total. The lowest BCUT2D eigenvalue weighted by molar-refractivity contribution is -0.192. The summed E-state index contributed by atoms with van der Waals surface area (Å²) in [6, 6.07) is 21.1. The van der Waals surface area contributed by atoms with Crippen LogP contribution in [-0.4, -0.2) is 65.0 Å². The predicted octanol–water partition coefficient (Wildman–Crippen LogP) is 5.35. The number of carbonyl (C=O) groups excluding carboxylic acids is 1. The molecule has 0 fully saturated rings. The number of anilines is 2. The Balaban J connectivity index is 0.000000505. The van der Waals surface area contributed by atoms with Crippen molar-refractivity contribution in [2.75, 3.05) is 32.5 Å². The highest BCUT2D eigenvalue weighted by atomic mass is 35.5. The van der Waals surface area contributed by atoms with Gasteiger partial charge in [-0.2, -0.15) is 18.3 Å². The minimum absolute atomic E-state index is 0.0750. The number of hydrogen-bond donors (Lipinski definition) is 3. The summed E-state index contributed by atoms with van der Waals surface area (Å²) in [5, 5.41) is 19.6. The number of carbonyl (C=O) groups is 2. The molecule has 4 aromatic rings. The molecule has 1 amide bonds. The maximum Gasteiger partial charge on any atom is 0.490 e. The van der Waals surface area contributed by atoms with E-state index in [1.165, 1.54) is 0 Å². The van der Waals surface area contributed by atoms with Crippen LogP contribution < -0.4 is 10.6 Å². The third-order valence-electron chi connectivity index (χ3n) is 5.18. The Kier molecular flexibility index (Phi) is 9.32. The topological polar surface area (TPSA) is 99.5 Å². The molecule has 0 aliphatic rings. The molecule has 1 heterocycles. The van der Waals surface area contributed by atoms with Gasteiger partial charge in [-0.3, -0.25) is 4.79 Å². The second-order valence-electron chi connectivity index (χ2n) is 8.34. The summed E-state index contributed by atoms with van der Waals surface area (Å²) in [6.45, 7) is 1.42. The molecule has 0 spiro atoms. The van der Waals surface area contributed by atoms with E-state index in [2.05, 4.69) is 15.7 Å². The van der Waals surface area contributed by atoms with Crippen molar-refractivity contribution in [1.29, 1.82) is 0 Å². The maximum absolute atomic E-state index is 12.3. The van der Waals surface area contributed by atoms with Gasteiger partial charge in [-0.15, -0.1) is 0 Å². The highest BCUT2D eigenvalue weighted by Crippen LogP contribution is 2.28. The Bertz CT molecular complexity index is 1410. The minimum Gasteiger partial charge on any atom is -0.475 e. The average Bonchev–Trinajstić information content (AvgIpc) is 3.28. The standard InChI is InChI=1S/C24H24ClN5O.C2HF3O2/c1-29(2)14-13-26-24(31)17-7-10-20(11-8-17)30-23-12-9-19(15-18(23)16-27-30)28-22-6-4-3-5-21(22)25;3-2(4,5)1(6)7/h3-12,15-16,28H,13-14H2,1-2H3,(H,26,31);(H,6,7). The first kappa shape index (κ1) is 28.5. The molecular formula is C26H25ClF3N5O3. The molecule has 1 aromatic heterocycles. The molecule has 8 nitrogen and oxygen atoms in total. The number of fused-ring (bicyclic) bond motifs is 1. The summed E-state index contributed by atoms with van der Waals surface area (Å²) >= 11 is 6.24. The van der Waals surface area contributed by atoms with E-state index in [9.17, 15) is 18.0 Å². The van der Waals surface area contributed by atoms with E-state index < -0.39 is 12.1 Å². The lowest BCUT2D eigenvalue weighted by Gasteiger charge is -2.11. The smallest absolute Gasteiger partial charge is 0.475 e. The number of aromatic nitrogens is 2. The van der Waals surface area contributed by atoms with Crippen molar-refractivity contribution in [3.05, 3.63) is 83.5 Å². The molecule has 0 unspecified atom stereocenters. The van der Waals surface area contributed by atoms with Gasteiger partial charge in [-0.25, -0.2) is 9.48 Å². The summed E-state index contributed by atoms with van der Waals surface area (Å²) < 4.78 is 33.6. The molecule has 0 aliphatic carbocycles. The first-order chi connectivity index (χ1) is 18.0. The highest BCUT2D eigenvalue weighted by molar-refractivity contribution is 6.33. The van der Waals surface area contributed by atoms with Gasteiger partial charge in [0.2, 0.25) is 0 Å². The number of para-hydroxylation sites is 1. The molecular weight excluding hydrogens is 523 g/mol. The van der Waals surface area contributed by atoms with Crippen LogP contribution >= 0.6 is 11.6 Å². The number of amides is 1. The van der Waals surface area contributed by atoms with Crippen LogP contribution in [0.3, 0.4) is 0 Å². The molecule has 0 aliphatic heterocycles. The van der Waals surface area contributed by atoms with Crippen LogP contribution in [0.1, 0.15) is 10.4 Å². The van der Waals surface area contributed by atoms with Crippen LogP contribution in [0.2, 0.25) is 5.02 Å². The quantitative estimate of drug-likeness (QED) is 0.288. The van der Waals surface area contributed by atoms with E-state index in [0.29, 0.717) is 17.1 Å². The molecule has 0 saturated carbocycles. The Morgan fingerprint density at radius 3 is 2.32 bits per heavy atom. The molecule has 200 valence electrons. The number of aliphatic carboxylic acids is 1. The first-order valence-corrected chi connectivity index (χ1v) is 11.7. The zero-order valence-electron chi connectivity index (χ0n) is 20.5. The van der Waals surface area contributed by atoms with Crippen molar-refractivity contribution in [2.45, 2.75) is 6.18 Å². The van der Waals surface area contributed by atoms with Gasteiger partial charge in [-0.1, -0.05) is 23.7 Å². The predicted molar refractivity (Wildman–Crippen MR) is 140 cm³/mol. The van der Waals surface area contributed by atoms with Gasteiger partial charge < -0.3 is 20.6 Å². The van der Waals surface area contributed by atoms with Crippen molar-refractivity contribution in [1.82, 2.24) is 20.0 Å². The zero-order chi connectivity index (χ0) is 27.9. The minimum atomic E-state index is -5.08. The number of likely N-dealkylation sites (N-methyl/N-ethyl adjacent to an activating group) is 1. The fourth-order valence-electron chi connectivity index (χ4n) is 3.28. The van der Waals surface area contributed by atoms with Crippen molar-refractivity contribution in [3.63, 3.8) is 0 Å². The number of halogens is 4. The van der Waals surface area contributed by atoms with Gasteiger partial charge in [0, 0.05) is 29.7 Å². The number of rotatable bonds is 7. The Morgan fingerprint density at radius 2 is 1.71 bits per heavy atom. The molecule has 4 rings (SSSR count). The lowest BCUT2D eigenvalue weighted by atomic mass is 10.2. The van der Waals surface area contributed by atoms with E-state index in [-0.39, 0.29) is 5.91 Å². The molecule has 0 bridgehead atoms. The third kappa shape index (κ3) is 7.70. The van der Waals surface area contributed by atoms with E-state index in [1.807, 2.05) is 96.6 Å². The first-order valence-electron chi connectivity index (χ1n) is 11.3. The van der Waals surface area contributed by atoms with E-state index in [0.717, 1.165) is 34.5 Å². The van der Waals surface area contributed by atoms with Gasteiger partial charge in [0.05, 0.1) is 28.1 Å². The normalized spacial score (nSPS) is 11.1. The van der Waals surface area contributed by atoms with Gasteiger partial charge in [0.25, 0.3) is 5.91 Å².